The molecule has 0 aromatic heterocycles. The average molecular weight is 246 g/mol. The molecule has 5 heteroatoms. The highest BCUT2D eigenvalue weighted by Gasteiger charge is 2.04. The van der Waals surface area contributed by atoms with Gasteiger partial charge in [-0.25, -0.2) is 0 Å². The molecule has 100 valence electrons. The molecule has 0 rings (SSSR count). The van der Waals surface area contributed by atoms with Crippen molar-refractivity contribution < 1.29 is 24.2 Å². The van der Waals surface area contributed by atoms with Crippen molar-refractivity contribution in [3.63, 3.8) is 0 Å². The molecule has 1 N–H and O–H groups in total. The Labute approximate surface area is 102 Å². The van der Waals surface area contributed by atoms with Crippen LogP contribution in [0, 0.1) is 5.92 Å². The van der Waals surface area contributed by atoms with Crippen molar-refractivity contribution in [3.8, 4) is 0 Å². The number of carbonyl (C=O) groups is 2. The second kappa shape index (κ2) is 10.1. The first kappa shape index (κ1) is 15.9. The van der Waals surface area contributed by atoms with E-state index < -0.39 is 5.97 Å². The van der Waals surface area contributed by atoms with Crippen LogP contribution >= 0.6 is 0 Å². The molecule has 0 fully saturated rings. The van der Waals surface area contributed by atoms with E-state index in [1.54, 1.807) is 0 Å². The standard InChI is InChI=1S/C12H22O5/c1-10(2)9-16-7-8-17-12(15)6-4-3-5-11(13)14/h10H,3-9H2,1-2H3,(H,13,14). The predicted molar refractivity (Wildman–Crippen MR) is 62.7 cm³/mol. The molecule has 0 heterocycles. The first-order valence-corrected chi connectivity index (χ1v) is 5.97. The topological polar surface area (TPSA) is 72.8 Å². The molecule has 0 atom stereocenters. The predicted octanol–water partition coefficient (Wildman–Crippen LogP) is 1.85. The van der Waals surface area contributed by atoms with Gasteiger partial charge in [-0.15, -0.1) is 0 Å². The van der Waals surface area contributed by atoms with E-state index in [0.29, 0.717) is 32.0 Å². The molecule has 0 bridgehead atoms. The summed E-state index contributed by atoms with van der Waals surface area (Å²) in [6.07, 6.45) is 1.44. The van der Waals surface area contributed by atoms with Crippen LogP contribution in [0.4, 0.5) is 0 Å². The number of carbonyl (C=O) groups excluding carboxylic acids is 1. The summed E-state index contributed by atoms with van der Waals surface area (Å²) in [6.45, 7) is 5.45. The summed E-state index contributed by atoms with van der Waals surface area (Å²) in [5, 5.41) is 8.39. The maximum Gasteiger partial charge on any atom is 0.305 e. The molecule has 0 radical (unpaired) electrons. The van der Waals surface area contributed by atoms with Crippen molar-refractivity contribution >= 4 is 11.9 Å². The third-order valence-electron chi connectivity index (χ3n) is 1.96. The molecule has 0 amide bonds. The lowest BCUT2D eigenvalue weighted by Crippen LogP contribution is -2.12. The van der Waals surface area contributed by atoms with Crippen molar-refractivity contribution in [1.29, 1.82) is 0 Å². The molecule has 0 aromatic carbocycles. The van der Waals surface area contributed by atoms with E-state index in [2.05, 4.69) is 13.8 Å². The van der Waals surface area contributed by atoms with Crippen LogP contribution < -0.4 is 0 Å². The van der Waals surface area contributed by atoms with Crippen LogP contribution in [0.5, 0.6) is 0 Å². The third kappa shape index (κ3) is 12.8. The molecule has 0 aliphatic rings. The smallest absolute Gasteiger partial charge is 0.305 e. The van der Waals surface area contributed by atoms with Crippen molar-refractivity contribution in [3.05, 3.63) is 0 Å². The maximum atomic E-state index is 11.2. The van der Waals surface area contributed by atoms with E-state index in [-0.39, 0.29) is 25.4 Å². The molecule has 0 aliphatic carbocycles. The number of esters is 1. The molecular formula is C12H22O5. The zero-order valence-electron chi connectivity index (χ0n) is 10.6. The van der Waals surface area contributed by atoms with Crippen LogP contribution in [0.3, 0.4) is 0 Å². The molecule has 0 aromatic rings. The summed E-state index contributed by atoms with van der Waals surface area (Å²) in [5.41, 5.74) is 0. The normalized spacial score (nSPS) is 10.5. The van der Waals surface area contributed by atoms with Gasteiger partial charge in [-0.2, -0.15) is 0 Å². The second-order valence-corrected chi connectivity index (χ2v) is 4.29. The number of unbranched alkanes of at least 4 members (excludes halogenated alkanes) is 1. The van der Waals surface area contributed by atoms with Crippen molar-refractivity contribution in [2.24, 2.45) is 5.92 Å². The fourth-order valence-corrected chi connectivity index (χ4v) is 1.15. The Morgan fingerprint density at radius 3 is 2.35 bits per heavy atom. The van der Waals surface area contributed by atoms with E-state index in [1.807, 2.05) is 0 Å². The number of hydrogen-bond acceptors (Lipinski definition) is 4. The number of carboxylic acid groups (broad SMARTS) is 1. The first-order valence-electron chi connectivity index (χ1n) is 5.97. The van der Waals surface area contributed by atoms with Gasteiger partial charge in [-0.05, 0) is 18.8 Å². The first-order chi connectivity index (χ1) is 8.02. The number of hydrogen-bond donors (Lipinski definition) is 1. The third-order valence-corrected chi connectivity index (χ3v) is 1.96. The van der Waals surface area contributed by atoms with Crippen molar-refractivity contribution in [2.45, 2.75) is 39.5 Å². The number of aliphatic carboxylic acids is 1. The van der Waals surface area contributed by atoms with Gasteiger partial charge in [-0.3, -0.25) is 9.59 Å². The Kier molecular flexibility index (Phi) is 9.43. The van der Waals surface area contributed by atoms with Crippen molar-refractivity contribution in [2.75, 3.05) is 19.8 Å². The van der Waals surface area contributed by atoms with E-state index in [9.17, 15) is 9.59 Å². The van der Waals surface area contributed by atoms with E-state index in [4.69, 9.17) is 14.6 Å². The second-order valence-electron chi connectivity index (χ2n) is 4.29. The minimum Gasteiger partial charge on any atom is -0.481 e. The Balaban J connectivity index is 3.26. The lowest BCUT2D eigenvalue weighted by Gasteiger charge is -2.07. The lowest BCUT2D eigenvalue weighted by atomic mass is 10.2. The summed E-state index contributed by atoms with van der Waals surface area (Å²) in [6, 6.07) is 0. The highest BCUT2D eigenvalue weighted by atomic mass is 16.6. The molecule has 0 aliphatic heterocycles. The van der Waals surface area contributed by atoms with Gasteiger partial charge in [0, 0.05) is 19.4 Å². The SMILES string of the molecule is CC(C)COCCOC(=O)CCCCC(=O)O. The van der Waals surface area contributed by atoms with Gasteiger partial charge in [0.1, 0.15) is 6.61 Å². The lowest BCUT2D eigenvalue weighted by molar-refractivity contribution is -0.145. The summed E-state index contributed by atoms with van der Waals surface area (Å²) in [7, 11) is 0. The summed E-state index contributed by atoms with van der Waals surface area (Å²) in [5.74, 6) is -0.647. The minimum absolute atomic E-state index is 0.102. The molecule has 0 spiro atoms. The van der Waals surface area contributed by atoms with Gasteiger partial charge >= 0.3 is 11.9 Å². The van der Waals surface area contributed by atoms with E-state index in [0.717, 1.165) is 0 Å². The molecule has 17 heavy (non-hydrogen) atoms. The number of ether oxygens (including phenoxy) is 2. The minimum atomic E-state index is -0.833. The van der Waals surface area contributed by atoms with Gasteiger partial charge in [-0.1, -0.05) is 13.8 Å². The number of carboxylic acids is 1. The highest BCUT2D eigenvalue weighted by molar-refractivity contribution is 5.69. The van der Waals surface area contributed by atoms with E-state index in [1.165, 1.54) is 0 Å². The van der Waals surface area contributed by atoms with Gasteiger partial charge in [0.2, 0.25) is 0 Å². The van der Waals surface area contributed by atoms with Gasteiger partial charge in [0.05, 0.1) is 6.61 Å². The van der Waals surface area contributed by atoms with Crippen LogP contribution in [0.2, 0.25) is 0 Å². The quantitative estimate of drug-likeness (QED) is 0.470. The van der Waals surface area contributed by atoms with Gasteiger partial charge in [0.25, 0.3) is 0 Å². The Hall–Kier alpha value is -1.10. The molecule has 0 saturated heterocycles. The van der Waals surface area contributed by atoms with Gasteiger partial charge < -0.3 is 14.6 Å². The molecular weight excluding hydrogens is 224 g/mol. The Morgan fingerprint density at radius 1 is 1.12 bits per heavy atom. The van der Waals surface area contributed by atoms with Crippen LogP contribution in [0.25, 0.3) is 0 Å². The summed E-state index contributed by atoms with van der Waals surface area (Å²) >= 11 is 0. The van der Waals surface area contributed by atoms with Crippen LogP contribution in [-0.2, 0) is 19.1 Å². The fourth-order valence-electron chi connectivity index (χ4n) is 1.15. The largest absolute Gasteiger partial charge is 0.481 e. The molecule has 5 nitrogen and oxygen atoms in total. The maximum absolute atomic E-state index is 11.2. The summed E-state index contributed by atoms with van der Waals surface area (Å²) in [4.78, 5) is 21.4. The Bertz CT molecular complexity index is 225. The van der Waals surface area contributed by atoms with Crippen LogP contribution in [0.1, 0.15) is 39.5 Å². The average Bonchev–Trinajstić information content (AvgIpc) is 2.23. The highest BCUT2D eigenvalue weighted by Crippen LogP contribution is 2.01. The van der Waals surface area contributed by atoms with E-state index >= 15 is 0 Å². The van der Waals surface area contributed by atoms with Crippen molar-refractivity contribution in [1.82, 2.24) is 0 Å². The summed E-state index contributed by atoms with van der Waals surface area (Å²) < 4.78 is 10.2. The monoisotopic (exact) mass is 246 g/mol. The zero-order chi connectivity index (χ0) is 13.1. The Morgan fingerprint density at radius 2 is 1.76 bits per heavy atom. The fraction of sp³-hybridized carbons (Fsp3) is 0.833. The zero-order valence-corrected chi connectivity index (χ0v) is 10.6. The molecule has 0 unspecified atom stereocenters. The molecule has 0 saturated carbocycles. The van der Waals surface area contributed by atoms with Gasteiger partial charge in [0.15, 0.2) is 0 Å². The van der Waals surface area contributed by atoms with Crippen LogP contribution in [-0.4, -0.2) is 36.9 Å². The van der Waals surface area contributed by atoms with Crippen LogP contribution in [0.15, 0.2) is 0 Å². The number of rotatable bonds is 10.